The van der Waals surface area contributed by atoms with Crippen molar-refractivity contribution in [3.05, 3.63) is 101 Å². The van der Waals surface area contributed by atoms with Crippen LogP contribution in [0.2, 0.25) is 0 Å². The Balaban J connectivity index is 1.11. The number of hydrogen-bond acceptors (Lipinski definition) is 12. The Hall–Kier alpha value is -6.65. The summed E-state index contributed by atoms with van der Waals surface area (Å²) in [5.41, 5.74) is 5.07. The first kappa shape index (κ1) is 41.0. The predicted octanol–water partition coefficient (Wildman–Crippen LogP) is 6.74. The van der Waals surface area contributed by atoms with Crippen molar-refractivity contribution in [3.63, 3.8) is 0 Å². The fraction of sp³-hybridized carbons (Fsp3) is 0.238. The van der Waals surface area contributed by atoms with Crippen LogP contribution in [0.15, 0.2) is 99.0 Å². The Bertz CT molecular complexity index is 2430. The Labute approximate surface area is 336 Å². The molecule has 0 aliphatic carbocycles. The van der Waals surface area contributed by atoms with Crippen LogP contribution in [0.3, 0.4) is 0 Å². The Morgan fingerprint density at radius 2 is 0.966 bits per heavy atom. The highest BCUT2D eigenvalue weighted by Gasteiger charge is 2.31. The van der Waals surface area contributed by atoms with Crippen molar-refractivity contribution in [2.75, 3.05) is 51.7 Å². The summed E-state index contributed by atoms with van der Waals surface area (Å²) in [4.78, 5) is 26.4. The molecule has 1 N–H and O–H groups in total. The van der Waals surface area contributed by atoms with Gasteiger partial charge in [0, 0.05) is 6.42 Å². The topological polar surface area (TPSA) is 175 Å². The molecular weight excluding hydrogens is 769 g/mol. The van der Waals surface area contributed by atoms with Gasteiger partial charge in [-0.25, -0.2) is 0 Å². The molecule has 15 nitrogen and oxygen atoms in total. The van der Waals surface area contributed by atoms with Gasteiger partial charge in [-0.15, -0.1) is 0 Å². The first-order valence-corrected chi connectivity index (χ1v) is 19.4. The second-order valence-electron chi connectivity index (χ2n) is 13.1. The van der Waals surface area contributed by atoms with Gasteiger partial charge in [-0.2, -0.15) is 28.6 Å². The molecule has 2 amide bonds. The molecule has 0 spiro atoms. The zero-order chi connectivity index (χ0) is 41.7. The Morgan fingerprint density at radius 1 is 0.603 bits per heavy atom. The molecule has 0 saturated heterocycles. The zero-order valence-corrected chi connectivity index (χ0v) is 33.7. The van der Waals surface area contributed by atoms with Crippen LogP contribution in [-0.2, 0) is 19.7 Å². The van der Waals surface area contributed by atoms with E-state index >= 15 is 0 Å². The standard InChI is InChI=1S/C42H42N4O11S/c1-25-9-11-30(12-10-25)45-41(47)33(26(2)43-45)19-28-21-35(52-4)39(36(22-28)53-5)56-17-8-18-57-40-37(54-6)23-29(24-38(40)55-7)20-34-27(3)44-46(42(34)48)31-13-15-32(16-14-31)58(49,50)51/h9-16,19-24H,8,17-18H2,1-7H3,(H,49,50,51)/b33-19+,34-20-. The van der Waals surface area contributed by atoms with Gasteiger partial charge in [0.05, 0.1) is 80.5 Å². The third-order valence-electron chi connectivity index (χ3n) is 9.15. The molecular formula is C42H42N4O11S. The minimum Gasteiger partial charge on any atom is -0.493 e. The van der Waals surface area contributed by atoms with E-state index in [1.807, 2.05) is 31.2 Å². The van der Waals surface area contributed by atoms with E-state index in [9.17, 15) is 22.6 Å². The molecule has 16 heteroatoms. The second-order valence-corrected chi connectivity index (χ2v) is 14.5. The van der Waals surface area contributed by atoms with Crippen molar-refractivity contribution >= 4 is 56.9 Å². The molecule has 4 aromatic carbocycles. The number of aryl methyl sites for hydroxylation is 1. The number of hydrazone groups is 2. The molecule has 0 radical (unpaired) electrons. The molecule has 0 saturated carbocycles. The van der Waals surface area contributed by atoms with Crippen LogP contribution in [-0.4, -0.2) is 77.9 Å². The van der Waals surface area contributed by atoms with Crippen LogP contribution >= 0.6 is 0 Å². The summed E-state index contributed by atoms with van der Waals surface area (Å²) in [7, 11) is 1.63. The summed E-state index contributed by atoms with van der Waals surface area (Å²) in [5.74, 6) is 1.61. The van der Waals surface area contributed by atoms with Gasteiger partial charge in [0.25, 0.3) is 21.9 Å². The van der Waals surface area contributed by atoms with Crippen LogP contribution in [0.5, 0.6) is 34.5 Å². The van der Waals surface area contributed by atoms with Gasteiger partial charge in [0.1, 0.15) is 0 Å². The molecule has 6 rings (SSSR count). The number of nitrogens with zero attached hydrogens (tertiary/aromatic N) is 4. The lowest BCUT2D eigenvalue weighted by Gasteiger charge is -2.17. The third kappa shape index (κ3) is 8.67. The smallest absolute Gasteiger partial charge is 0.294 e. The normalized spacial score (nSPS) is 15.5. The zero-order valence-electron chi connectivity index (χ0n) is 32.9. The number of anilines is 2. The summed E-state index contributed by atoms with van der Waals surface area (Å²) in [6.07, 6.45) is 3.83. The van der Waals surface area contributed by atoms with Crippen molar-refractivity contribution < 1.29 is 51.0 Å². The molecule has 0 fully saturated rings. The average molecular weight is 811 g/mol. The maximum Gasteiger partial charge on any atom is 0.294 e. The predicted molar refractivity (Wildman–Crippen MR) is 219 cm³/mol. The minimum atomic E-state index is -4.39. The third-order valence-corrected chi connectivity index (χ3v) is 10.0. The number of ether oxygens (including phenoxy) is 6. The van der Waals surface area contributed by atoms with E-state index < -0.39 is 16.0 Å². The van der Waals surface area contributed by atoms with E-state index in [1.165, 1.54) is 57.7 Å². The highest BCUT2D eigenvalue weighted by Crippen LogP contribution is 2.41. The number of rotatable bonds is 15. The summed E-state index contributed by atoms with van der Waals surface area (Å²) < 4.78 is 67.0. The van der Waals surface area contributed by atoms with Crippen LogP contribution in [0.1, 0.15) is 37.0 Å². The highest BCUT2D eigenvalue weighted by atomic mass is 32.2. The molecule has 0 aromatic heterocycles. The first-order chi connectivity index (χ1) is 27.8. The van der Waals surface area contributed by atoms with E-state index in [2.05, 4.69) is 10.2 Å². The number of benzene rings is 4. The SMILES string of the molecule is COc1cc(/C=C2\C(=O)N(c3ccc(S(=O)(=O)O)cc3)N=C2C)cc(OC)c1OCCCOc1c(OC)cc(/C=C2/C(=O)N(c3ccc(C)cc3)N=C2C)cc1OC. The lowest BCUT2D eigenvalue weighted by Crippen LogP contribution is -2.21. The highest BCUT2D eigenvalue weighted by molar-refractivity contribution is 7.85. The lowest BCUT2D eigenvalue weighted by atomic mass is 10.1. The monoisotopic (exact) mass is 810 g/mol. The molecule has 0 atom stereocenters. The maximum atomic E-state index is 13.4. The van der Waals surface area contributed by atoms with Crippen LogP contribution in [0.4, 0.5) is 11.4 Å². The summed E-state index contributed by atoms with van der Waals surface area (Å²) >= 11 is 0. The Kier molecular flexibility index (Phi) is 12.2. The van der Waals surface area contributed by atoms with Gasteiger partial charge in [0.15, 0.2) is 23.0 Å². The largest absolute Gasteiger partial charge is 0.493 e. The Morgan fingerprint density at radius 3 is 1.31 bits per heavy atom. The molecule has 2 aliphatic rings. The minimum absolute atomic E-state index is 0.218. The van der Waals surface area contributed by atoms with Gasteiger partial charge >= 0.3 is 0 Å². The lowest BCUT2D eigenvalue weighted by molar-refractivity contribution is -0.115. The van der Waals surface area contributed by atoms with E-state index in [0.29, 0.717) is 86.0 Å². The molecule has 0 bridgehead atoms. The fourth-order valence-electron chi connectivity index (χ4n) is 6.16. The van der Waals surface area contributed by atoms with Crippen molar-refractivity contribution in [1.82, 2.24) is 0 Å². The van der Waals surface area contributed by atoms with Gasteiger partial charge in [-0.1, -0.05) is 17.7 Å². The van der Waals surface area contributed by atoms with Gasteiger partial charge < -0.3 is 28.4 Å². The van der Waals surface area contributed by atoms with Gasteiger partial charge in [-0.3, -0.25) is 14.1 Å². The molecule has 0 unspecified atom stereocenters. The molecule has 2 aliphatic heterocycles. The summed E-state index contributed by atoms with van der Waals surface area (Å²) in [5, 5.41) is 11.4. The molecule has 302 valence electrons. The molecule has 4 aromatic rings. The van der Waals surface area contributed by atoms with Crippen molar-refractivity contribution in [3.8, 4) is 34.5 Å². The number of carbonyl (C=O) groups excluding carboxylic acids is 2. The van der Waals surface area contributed by atoms with Crippen LogP contribution in [0.25, 0.3) is 12.2 Å². The van der Waals surface area contributed by atoms with E-state index in [-0.39, 0.29) is 24.0 Å². The fourth-order valence-corrected chi connectivity index (χ4v) is 6.64. The summed E-state index contributed by atoms with van der Waals surface area (Å²) in [6, 6.07) is 19.6. The quantitative estimate of drug-likeness (QED) is 0.0765. The number of methoxy groups -OCH3 is 4. The van der Waals surface area contributed by atoms with Gasteiger partial charge in [0.2, 0.25) is 11.5 Å². The maximum absolute atomic E-state index is 13.4. The van der Waals surface area contributed by atoms with E-state index in [1.54, 1.807) is 50.3 Å². The van der Waals surface area contributed by atoms with E-state index in [4.69, 9.17) is 28.4 Å². The van der Waals surface area contributed by atoms with Crippen molar-refractivity contribution in [2.24, 2.45) is 10.2 Å². The second kappa shape index (κ2) is 17.2. The van der Waals surface area contributed by atoms with Crippen molar-refractivity contribution in [1.29, 1.82) is 0 Å². The average Bonchev–Trinajstić information content (AvgIpc) is 3.65. The van der Waals surface area contributed by atoms with Crippen LogP contribution in [0, 0.1) is 6.92 Å². The number of carbonyl (C=O) groups is 2. The number of hydrogen-bond donors (Lipinski definition) is 1. The molecule has 2 heterocycles. The molecule has 58 heavy (non-hydrogen) atoms. The van der Waals surface area contributed by atoms with Gasteiger partial charge in [-0.05, 0) is 105 Å². The van der Waals surface area contributed by atoms with Crippen LogP contribution < -0.4 is 38.4 Å². The van der Waals surface area contributed by atoms with E-state index in [0.717, 1.165) is 10.6 Å². The first-order valence-electron chi connectivity index (χ1n) is 17.9. The number of amides is 2. The van der Waals surface area contributed by atoms with Crippen molar-refractivity contribution in [2.45, 2.75) is 32.1 Å². The summed E-state index contributed by atoms with van der Waals surface area (Å²) in [6.45, 7) is 5.89.